The number of carboxylic acid groups (broad SMARTS) is 1. The van der Waals surface area contributed by atoms with Crippen LogP contribution in [-0.4, -0.2) is 26.5 Å². The average molecular weight is 319 g/mol. The number of benzene rings is 1. The zero-order valence-corrected chi connectivity index (χ0v) is 13.1. The number of hydrogen-bond donors (Lipinski definition) is 2. The van der Waals surface area contributed by atoms with Crippen LogP contribution in [0.1, 0.15) is 37.9 Å². The maximum Gasteiger partial charge on any atom is 0.340 e. The van der Waals surface area contributed by atoms with Gasteiger partial charge in [-0.05, 0) is 33.8 Å². The number of hydrogen-bond acceptors (Lipinski definition) is 3. The fraction of sp³-hybridized carbons (Fsp3) is 0.500. The molecule has 118 valence electrons. The molecule has 1 rings (SSSR count). The summed E-state index contributed by atoms with van der Waals surface area (Å²) in [5.74, 6) is -2.48. The maximum absolute atomic E-state index is 14.0. The fourth-order valence-corrected chi connectivity index (χ4v) is 2.45. The van der Waals surface area contributed by atoms with Crippen LogP contribution < -0.4 is 4.72 Å². The second-order valence-corrected chi connectivity index (χ2v) is 7.74. The Bertz CT molecular complexity index is 519. The summed E-state index contributed by atoms with van der Waals surface area (Å²) in [4.78, 5) is 10.9. The molecule has 4 nitrogen and oxygen atoms in total. The molecule has 1 aromatic carbocycles. The van der Waals surface area contributed by atoms with Crippen molar-refractivity contribution in [1.82, 2.24) is 4.72 Å². The van der Waals surface area contributed by atoms with E-state index >= 15 is 0 Å². The van der Waals surface area contributed by atoms with Crippen molar-refractivity contribution in [3.8, 4) is 0 Å². The van der Waals surface area contributed by atoms with E-state index < -0.39 is 40.1 Å². The van der Waals surface area contributed by atoms with Crippen molar-refractivity contribution in [2.24, 2.45) is 0 Å². The van der Waals surface area contributed by atoms with Gasteiger partial charge in [-0.2, -0.15) is 0 Å². The summed E-state index contributed by atoms with van der Waals surface area (Å²) in [5.41, 5.74) is 0.500. The zero-order chi connectivity index (χ0) is 16.4. The third kappa shape index (κ3) is 4.66. The number of carbonyl (C=O) groups is 1. The van der Waals surface area contributed by atoms with Crippen LogP contribution in [0.2, 0.25) is 0 Å². The number of rotatable bonds is 5. The van der Waals surface area contributed by atoms with E-state index in [-0.39, 0.29) is 5.56 Å². The smallest absolute Gasteiger partial charge is 0.340 e. The Morgan fingerprint density at radius 3 is 2.48 bits per heavy atom. The zero-order valence-electron chi connectivity index (χ0n) is 12.3. The Morgan fingerprint density at radius 2 is 2.00 bits per heavy atom. The summed E-state index contributed by atoms with van der Waals surface area (Å²) in [6.07, 6.45) is -2.41. The van der Waals surface area contributed by atoms with E-state index in [4.69, 9.17) is 5.11 Å². The first-order valence-corrected chi connectivity index (χ1v) is 7.50. The Hall–Kier alpha value is -1.18. The molecule has 1 aromatic rings. The van der Waals surface area contributed by atoms with Gasteiger partial charge in [0.2, 0.25) is 6.17 Å². The van der Waals surface area contributed by atoms with Gasteiger partial charge in [0.25, 0.3) is 0 Å². The van der Waals surface area contributed by atoms with E-state index in [1.54, 1.807) is 27.7 Å². The molecule has 0 radical (unpaired) electrons. The van der Waals surface area contributed by atoms with E-state index in [0.29, 0.717) is 5.56 Å². The lowest BCUT2D eigenvalue weighted by molar-refractivity contribution is -0.143. The van der Waals surface area contributed by atoms with Crippen molar-refractivity contribution in [2.75, 3.05) is 0 Å². The lowest BCUT2D eigenvalue weighted by Crippen LogP contribution is -2.45. The number of aliphatic carboxylic acids is 1. The van der Waals surface area contributed by atoms with Gasteiger partial charge in [0.05, 0.1) is 0 Å². The Labute approximate surface area is 125 Å². The lowest BCUT2D eigenvalue weighted by atomic mass is 10.0. The van der Waals surface area contributed by atoms with Crippen LogP contribution in [-0.2, 0) is 16.2 Å². The summed E-state index contributed by atoms with van der Waals surface area (Å²) < 4.78 is 41.6. The molecule has 0 amide bonds. The number of nitrogens with one attached hydrogen (secondary N) is 1. The van der Waals surface area contributed by atoms with E-state index in [1.165, 1.54) is 12.1 Å². The highest BCUT2D eigenvalue weighted by atomic mass is 32.2. The molecule has 0 saturated carbocycles. The highest BCUT2D eigenvalue weighted by molar-refractivity contribution is 7.90. The first-order chi connectivity index (χ1) is 9.54. The molecule has 0 aliphatic carbocycles. The molecule has 0 aliphatic rings. The molecule has 0 saturated heterocycles. The van der Waals surface area contributed by atoms with E-state index in [1.807, 2.05) is 0 Å². The van der Waals surface area contributed by atoms with Gasteiger partial charge in [0.15, 0.2) is 0 Å². The maximum atomic E-state index is 14.0. The lowest BCUT2D eigenvalue weighted by Gasteiger charge is -2.28. The minimum atomic E-state index is -2.41. The first-order valence-electron chi connectivity index (χ1n) is 6.35. The van der Waals surface area contributed by atoms with Crippen LogP contribution in [0.25, 0.3) is 0 Å². The van der Waals surface area contributed by atoms with Crippen LogP contribution in [0.15, 0.2) is 18.2 Å². The van der Waals surface area contributed by atoms with Crippen molar-refractivity contribution >= 4 is 17.3 Å². The molecule has 0 bridgehead atoms. The number of carboxylic acids is 1. The molecule has 0 spiro atoms. The highest BCUT2D eigenvalue weighted by Gasteiger charge is 2.38. The topological polar surface area (TPSA) is 72.4 Å². The molecular weight excluding hydrogens is 300 g/mol. The first kappa shape index (κ1) is 17.9. The molecular formula is C14H19F2NO3S. The molecule has 1 unspecified atom stereocenters. The third-order valence-corrected chi connectivity index (χ3v) is 4.39. The van der Waals surface area contributed by atoms with E-state index in [0.717, 1.165) is 6.07 Å². The summed E-state index contributed by atoms with van der Waals surface area (Å²) in [6, 6.07) is 2.45. The minimum Gasteiger partial charge on any atom is -0.598 e. The summed E-state index contributed by atoms with van der Waals surface area (Å²) in [6.45, 7) is 6.62. The fourth-order valence-electron chi connectivity index (χ4n) is 1.62. The summed E-state index contributed by atoms with van der Waals surface area (Å²) in [7, 11) is 0. The third-order valence-electron chi connectivity index (χ3n) is 2.81. The molecule has 2 N–H and O–H groups in total. The molecule has 0 fully saturated rings. The van der Waals surface area contributed by atoms with Crippen LogP contribution in [0.5, 0.6) is 0 Å². The quantitative estimate of drug-likeness (QED) is 0.819. The Kier molecular flexibility index (Phi) is 5.72. The summed E-state index contributed by atoms with van der Waals surface area (Å²) in [5, 5.41) is 8.85. The van der Waals surface area contributed by atoms with Crippen molar-refractivity contribution in [3.05, 3.63) is 35.1 Å². The largest absolute Gasteiger partial charge is 0.598 e. The van der Waals surface area contributed by atoms with Gasteiger partial charge in [-0.1, -0.05) is 17.7 Å². The van der Waals surface area contributed by atoms with Crippen molar-refractivity contribution < 1.29 is 23.2 Å². The van der Waals surface area contributed by atoms with Gasteiger partial charge in [-0.25, -0.2) is 13.6 Å². The van der Waals surface area contributed by atoms with Gasteiger partial charge in [-0.15, -0.1) is 4.72 Å². The Balaban J connectivity index is 3.20. The van der Waals surface area contributed by atoms with E-state index in [9.17, 15) is 18.1 Å². The van der Waals surface area contributed by atoms with Crippen LogP contribution in [0.4, 0.5) is 8.78 Å². The van der Waals surface area contributed by atoms with Gasteiger partial charge >= 0.3 is 5.97 Å². The predicted molar refractivity (Wildman–Crippen MR) is 77.4 cm³/mol. The van der Waals surface area contributed by atoms with Crippen LogP contribution >= 0.6 is 0 Å². The van der Waals surface area contributed by atoms with Crippen LogP contribution in [0.3, 0.4) is 0 Å². The second-order valence-electron chi connectivity index (χ2n) is 5.74. The van der Waals surface area contributed by atoms with Crippen molar-refractivity contribution in [3.63, 3.8) is 0 Å². The highest BCUT2D eigenvalue weighted by Crippen LogP contribution is 2.27. The average Bonchev–Trinajstić information content (AvgIpc) is 2.36. The van der Waals surface area contributed by atoms with E-state index in [2.05, 4.69) is 4.72 Å². The predicted octanol–water partition coefficient (Wildman–Crippen LogP) is 2.65. The molecule has 0 heterocycles. The number of aryl methyl sites for hydroxylation is 1. The molecule has 3 atom stereocenters. The van der Waals surface area contributed by atoms with Gasteiger partial charge in [0, 0.05) is 16.9 Å². The van der Waals surface area contributed by atoms with Crippen molar-refractivity contribution in [2.45, 2.75) is 44.7 Å². The molecule has 7 heteroatoms. The van der Waals surface area contributed by atoms with Crippen LogP contribution in [0, 0.1) is 12.7 Å². The molecule has 21 heavy (non-hydrogen) atoms. The van der Waals surface area contributed by atoms with Gasteiger partial charge < -0.3 is 9.66 Å². The normalized spacial score (nSPS) is 16.3. The standard InChI is InChI=1S/C14H19F2NO3S/c1-8-5-6-10(15)9(7-8)12(11(16)13(18)19)17-21(20)14(2,3)4/h5-7,11-12,17H,1-4H3,(H,18,19)/t11-,12-,21?/m1/s1. The second kappa shape index (κ2) is 6.72. The van der Waals surface area contributed by atoms with Gasteiger partial charge in [0.1, 0.15) is 16.6 Å². The van der Waals surface area contributed by atoms with Crippen molar-refractivity contribution in [1.29, 1.82) is 0 Å². The number of alkyl halides is 1. The molecule has 0 aliphatic heterocycles. The Morgan fingerprint density at radius 1 is 1.43 bits per heavy atom. The number of halogens is 2. The monoisotopic (exact) mass is 319 g/mol. The van der Waals surface area contributed by atoms with Gasteiger partial charge in [-0.3, -0.25) is 0 Å². The SMILES string of the molecule is Cc1ccc(F)c([C@@H](N[S+]([O-])C(C)(C)C)[C@@H](F)C(=O)O)c1. The minimum absolute atomic E-state index is 0.150. The summed E-state index contributed by atoms with van der Waals surface area (Å²) >= 11 is -1.74. The molecule has 0 aromatic heterocycles.